The number of carbonyl (C=O) groups excluding carboxylic acids is 1. The van der Waals surface area contributed by atoms with E-state index in [9.17, 15) is 18.0 Å². The van der Waals surface area contributed by atoms with E-state index in [2.05, 4.69) is 10.3 Å². The quantitative estimate of drug-likeness (QED) is 0.767. The molecule has 3 aromatic rings. The fourth-order valence-electron chi connectivity index (χ4n) is 2.39. The SMILES string of the molecule is O=C(NCc1ccccc1)c1ncoc1-c1ccccc1C(F)(F)F. The molecular weight excluding hydrogens is 333 g/mol. The van der Waals surface area contributed by atoms with E-state index in [4.69, 9.17) is 4.42 Å². The second-order valence-corrected chi connectivity index (χ2v) is 5.24. The number of amides is 1. The van der Waals surface area contributed by atoms with E-state index in [-0.39, 0.29) is 23.6 Å². The number of nitrogens with zero attached hydrogens (tertiary/aromatic N) is 1. The number of halogens is 3. The number of benzene rings is 2. The molecule has 3 rings (SSSR count). The third kappa shape index (κ3) is 3.71. The molecule has 128 valence electrons. The minimum absolute atomic E-state index is 0.187. The molecule has 0 spiro atoms. The van der Waals surface area contributed by atoms with Crippen molar-refractivity contribution < 1.29 is 22.4 Å². The average Bonchev–Trinajstić information content (AvgIpc) is 3.09. The van der Waals surface area contributed by atoms with Gasteiger partial charge in [0.15, 0.2) is 17.8 Å². The summed E-state index contributed by atoms with van der Waals surface area (Å²) in [6.45, 7) is 0.229. The van der Waals surface area contributed by atoms with Crippen LogP contribution in [0.25, 0.3) is 11.3 Å². The van der Waals surface area contributed by atoms with Crippen LogP contribution in [0.1, 0.15) is 21.6 Å². The molecule has 4 nitrogen and oxygen atoms in total. The van der Waals surface area contributed by atoms with Gasteiger partial charge in [-0.15, -0.1) is 0 Å². The Kier molecular flexibility index (Phi) is 4.56. The highest BCUT2D eigenvalue weighted by Gasteiger charge is 2.35. The lowest BCUT2D eigenvalue weighted by Gasteiger charge is -2.11. The Morgan fingerprint density at radius 1 is 1.04 bits per heavy atom. The molecule has 0 atom stereocenters. The molecule has 0 fully saturated rings. The predicted octanol–water partition coefficient (Wildman–Crippen LogP) is 4.29. The number of oxazole rings is 1. The average molecular weight is 346 g/mol. The number of aromatic nitrogens is 1. The fraction of sp³-hybridized carbons (Fsp3) is 0.111. The van der Waals surface area contributed by atoms with Crippen molar-refractivity contribution in [3.63, 3.8) is 0 Å². The molecule has 1 aromatic heterocycles. The molecule has 0 aliphatic heterocycles. The van der Waals surface area contributed by atoms with Crippen LogP contribution < -0.4 is 5.32 Å². The maximum absolute atomic E-state index is 13.2. The molecule has 0 unspecified atom stereocenters. The van der Waals surface area contributed by atoms with Crippen LogP contribution in [0.3, 0.4) is 0 Å². The van der Waals surface area contributed by atoms with E-state index in [1.165, 1.54) is 18.2 Å². The van der Waals surface area contributed by atoms with Crippen molar-refractivity contribution in [2.24, 2.45) is 0 Å². The Balaban J connectivity index is 1.88. The van der Waals surface area contributed by atoms with Crippen molar-refractivity contribution in [3.05, 3.63) is 77.8 Å². The van der Waals surface area contributed by atoms with E-state index in [1.807, 2.05) is 30.3 Å². The largest absolute Gasteiger partial charge is 0.443 e. The Morgan fingerprint density at radius 3 is 2.44 bits per heavy atom. The van der Waals surface area contributed by atoms with Crippen molar-refractivity contribution in [2.75, 3.05) is 0 Å². The minimum atomic E-state index is -4.57. The Bertz CT molecular complexity index is 873. The van der Waals surface area contributed by atoms with Gasteiger partial charge in [0, 0.05) is 12.1 Å². The normalized spacial score (nSPS) is 11.3. The molecule has 1 amide bonds. The lowest BCUT2D eigenvalue weighted by atomic mass is 10.0. The highest BCUT2D eigenvalue weighted by molar-refractivity contribution is 5.97. The Labute approximate surface area is 141 Å². The Morgan fingerprint density at radius 2 is 1.72 bits per heavy atom. The monoisotopic (exact) mass is 346 g/mol. The fourth-order valence-corrected chi connectivity index (χ4v) is 2.39. The molecular formula is C18H13F3N2O2. The molecule has 1 N–H and O–H groups in total. The van der Waals surface area contributed by atoms with E-state index in [0.717, 1.165) is 18.0 Å². The standard InChI is InChI=1S/C18H13F3N2O2/c19-18(20,21)14-9-5-4-8-13(14)16-15(23-11-25-16)17(24)22-10-12-6-2-1-3-7-12/h1-9,11H,10H2,(H,22,24). The first kappa shape index (κ1) is 16.8. The minimum Gasteiger partial charge on any atom is -0.443 e. The molecule has 0 aliphatic carbocycles. The van der Waals surface area contributed by atoms with Gasteiger partial charge in [-0.1, -0.05) is 48.5 Å². The number of rotatable bonds is 4. The van der Waals surface area contributed by atoms with Gasteiger partial charge in [0.25, 0.3) is 5.91 Å². The second kappa shape index (κ2) is 6.80. The van der Waals surface area contributed by atoms with Gasteiger partial charge in [-0.2, -0.15) is 13.2 Å². The maximum Gasteiger partial charge on any atom is 0.417 e. The van der Waals surface area contributed by atoms with E-state index < -0.39 is 17.6 Å². The van der Waals surface area contributed by atoms with Crippen molar-refractivity contribution in [1.29, 1.82) is 0 Å². The van der Waals surface area contributed by atoms with Gasteiger partial charge < -0.3 is 9.73 Å². The molecule has 0 saturated heterocycles. The van der Waals surface area contributed by atoms with Gasteiger partial charge in [-0.3, -0.25) is 4.79 Å². The van der Waals surface area contributed by atoms with Crippen LogP contribution >= 0.6 is 0 Å². The number of nitrogens with one attached hydrogen (secondary N) is 1. The summed E-state index contributed by atoms with van der Waals surface area (Å²) in [5.41, 5.74) is -0.439. The second-order valence-electron chi connectivity index (χ2n) is 5.24. The molecule has 1 heterocycles. The summed E-state index contributed by atoms with van der Waals surface area (Å²) < 4.78 is 44.6. The summed E-state index contributed by atoms with van der Waals surface area (Å²) in [5.74, 6) is -0.817. The van der Waals surface area contributed by atoms with Crippen LogP contribution in [0.2, 0.25) is 0 Å². The predicted molar refractivity (Wildman–Crippen MR) is 84.6 cm³/mol. The summed E-state index contributed by atoms with van der Waals surface area (Å²) in [6, 6.07) is 14.0. The third-order valence-corrected chi connectivity index (χ3v) is 3.56. The van der Waals surface area contributed by atoms with Gasteiger partial charge in [0.05, 0.1) is 5.56 Å². The van der Waals surface area contributed by atoms with Crippen LogP contribution in [0, 0.1) is 0 Å². The maximum atomic E-state index is 13.2. The molecule has 0 saturated carbocycles. The summed E-state index contributed by atoms with van der Waals surface area (Å²) in [6.07, 6.45) is -3.61. The molecule has 0 aliphatic rings. The lowest BCUT2D eigenvalue weighted by Crippen LogP contribution is -2.23. The van der Waals surface area contributed by atoms with Crippen LogP contribution in [-0.4, -0.2) is 10.9 Å². The van der Waals surface area contributed by atoms with Gasteiger partial charge >= 0.3 is 6.18 Å². The van der Waals surface area contributed by atoms with Crippen molar-refractivity contribution >= 4 is 5.91 Å². The first-order chi connectivity index (χ1) is 12.0. The van der Waals surface area contributed by atoms with Crippen molar-refractivity contribution in [1.82, 2.24) is 10.3 Å². The summed E-state index contributed by atoms with van der Waals surface area (Å²) in [5, 5.41) is 2.63. The van der Waals surface area contributed by atoms with Crippen LogP contribution in [0.5, 0.6) is 0 Å². The van der Waals surface area contributed by atoms with Gasteiger partial charge in [0.2, 0.25) is 0 Å². The zero-order valence-corrected chi connectivity index (χ0v) is 12.9. The van der Waals surface area contributed by atoms with E-state index in [0.29, 0.717) is 0 Å². The Hall–Kier alpha value is -3.09. The van der Waals surface area contributed by atoms with Crippen LogP contribution in [-0.2, 0) is 12.7 Å². The number of hydrogen-bond donors (Lipinski definition) is 1. The summed E-state index contributed by atoms with van der Waals surface area (Å²) >= 11 is 0. The molecule has 0 radical (unpaired) electrons. The molecule has 0 bridgehead atoms. The first-order valence-corrected chi connectivity index (χ1v) is 7.39. The molecule has 2 aromatic carbocycles. The highest BCUT2D eigenvalue weighted by atomic mass is 19.4. The van der Waals surface area contributed by atoms with Crippen LogP contribution in [0.4, 0.5) is 13.2 Å². The summed E-state index contributed by atoms with van der Waals surface area (Å²) in [7, 11) is 0. The molecule has 7 heteroatoms. The zero-order valence-electron chi connectivity index (χ0n) is 12.9. The number of carbonyl (C=O) groups is 1. The van der Waals surface area contributed by atoms with E-state index in [1.54, 1.807) is 0 Å². The topological polar surface area (TPSA) is 55.1 Å². The number of alkyl halides is 3. The van der Waals surface area contributed by atoms with Crippen molar-refractivity contribution in [2.45, 2.75) is 12.7 Å². The molecule has 25 heavy (non-hydrogen) atoms. The smallest absolute Gasteiger partial charge is 0.417 e. The lowest BCUT2D eigenvalue weighted by molar-refractivity contribution is -0.137. The third-order valence-electron chi connectivity index (χ3n) is 3.56. The highest BCUT2D eigenvalue weighted by Crippen LogP contribution is 2.37. The van der Waals surface area contributed by atoms with Gasteiger partial charge in [-0.05, 0) is 11.6 Å². The van der Waals surface area contributed by atoms with Crippen molar-refractivity contribution in [3.8, 4) is 11.3 Å². The van der Waals surface area contributed by atoms with Gasteiger partial charge in [0.1, 0.15) is 0 Å². The van der Waals surface area contributed by atoms with Gasteiger partial charge in [-0.25, -0.2) is 4.98 Å². The van der Waals surface area contributed by atoms with E-state index >= 15 is 0 Å². The first-order valence-electron chi connectivity index (χ1n) is 7.39. The number of hydrogen-bond acceptors (Lipinski definition) is 3. The zero-order chi connectivity index (χ0) is 17.9. The van der Waals surface area contributed by atoms with Crippen LogP contribution in [0.15, 0.2) is 65.4 Å². The summed E-state index contributed by atoms with van der Waals surface area (Å²) in [4.78, 5) is 16.1.